The van der Waals surface area contributed by atoms with Gasteiger partial charge in [-0.2, -0.15) is 5.26 Å². The van der Waals surface area contributed by atoms with Gasteiger partial charge in [-0.25, -0.2) is 19.2 Å². The van der Waals surface area contributed by atoms with Gasteiger partial charge >= 0.3 is 6.03 Å². The third kappa shape index (κ3) is 4.20. The number of nitriles is 1. The Balaban J connectivity index is 1.51. The molecule has 0 aliphatic carbocycles. The first-order valence-corrected chi connectivity index (χ1v) is 7.95. The Labute approximate surface area is 144 Å². The Kier molecular flexibility index (Phi) is 5.04. The van der Waals surface area contributed by atoms with Gasteiger partial charge in [0.2, 0.25) is 0 Å². The molecule has 1 aromatic carbocycles. The number of halogens is 1. The van der Waals surface area contributed by atoms with Crippen LogP contribution in [0, 0.1) is 17.1 Å². The van der Waals surface area contributed by atoms with E-state index in [2.05, 4.69) is 20.6 Å². The lowest BCUT2D eigenvalue weighted by molar-refractivity contribution is 0.246. The van der Waals surface area contributed by atoms with Crippen molar-refractivity contribution in [2.75, 3.05) is 23.3 Å². The largest absolute Gasteiger partial charge is 0.354 e. The summed E-state index contributed by atoms with van der Waals surface area (Å²) in [6.07, 6.45) is 4.53. The molecule has 7 nitrogen and oxygen atoms in total. The maximum Gasteiger partial charge on any atom is 0.319 e. The van der Waals surface area contributed by atoms with E-state index in [1.165, 1.54) is 30.5 Å². The van der Waals surface area contributed by atoms with Gasteiger partial charge < -0.3 is 15.5 Å². The minimum atomic E-state index is -0.348. The maximum atomic E-state index is 12.9. The molecule has 3 rings (SSSR count). The normalized spacial score (nSPS) is 14.6. The highest BCUT2D eigenvalue weighted by molar-refractivity contribution is 5.89. The summed E-state index contributed by atoms with van der Waals surface area (Å²) in [6.45, 7) is 1.35. The summed E-state index contributed by atoms with van der Waals surface area (Å²) in [4.78, 5) is 22.3. The number of nitrogens with zero attached hydrogens (tertiary/aromatic N) is 4. The zero-order valence-corrected chi connectivity index (χ0v) is 13.4. The Morgan fingerprint density at radius 2 is 1.88 bits per heavy atom. The fraction of sp³-hybridized carbons (Fsp3) is 0.294. The SMILES string of the molecule is N#Cc1nccnc1N1CCC(NC(=O)Nc2ccc(F)cc2)CC1. The monoisotopic (exact) mass is 340 g/mol. The topological polar surface area (TPSA) is 93.9 Å². The molecule has 0 saturated carbocycles. The van der Waals surface area contributed by atoms with Crippen molar-refractivity contribution in [3.05, 3.63) is 48.2 Å². The van der Waals surface area contributed by atoms with Gasteiger partial charge in [0.25, 0.3) is 0 Å². The van der Waals surface area contributed by atoms with Crippen molar-refractivity contribution < 1.29 is 9.18 Å². The molecule has 1 fully saturated rings. The Morgan fingerprint density at radius 1 is 1.20 bits per heavy atom. The number of carbonyl (C=O) groups excluding carboxylic acids is 1. The maximum absolute atomic E-state index is 12.9. The number of amides is 2. The predicted molar refractivity (Wildman–Crippen MR) is 90.5 cm³/mol. The van der Waals surface area contributed by atoms with Crippen molar-refractivity contribution in [2.24, 2.45) is 0 Å². The second-order valence-corrected chi connectivity index (χ2v) is 5.71. The Morgan fingerprint density at radius 3 is 2.56 bits per heavy atom. The fourth-order valence-electron chi connectivity index (χ4n) is 2.76. The minimum absolute atomic E-state index is 0.0268. The number of hydrogen-bond donors (Lipinski definition) is 2. The smallest absolute Gasteiger partial charge is 0.319 e. The molecule has 2 N–H and O–H groups in total. The predicted octanol–water partition coefficient (Wildman–Crippen LogP) is 2.28. The average molecular weight is 340 g/mol. The van der Waals surface area contributed by atoms with Crippen LogP contribution in [0.5, 0.6) is 0 Å². The molecule has 1 saturated heterocycles. The molecule has 0 unspecified atom stereocenters. The van der Waals surface area contributed by atoms with Gasteiger partial charge in [-0.1, -0.05) is 0 Å². The molecule has 25 heavy (non-hydrogen) atoms. The number of piperidine rings is 1. The van der Waals surface area contributed by atoms with Crippen LogP contribution in [0.1, 0.15) is 18.5 Å². The second-order valence-electron chi connectivity index (χ2n) is 5.71. The van der Waals surface area contributed by atoms with Crippen molar-refractivity contribution in [2.45, 2.75) is 18.9 Å². The summed E-state index contributed by atoms with van der Waals surface area (Å²) in [7, 11) is 0. The van der Waals surface area contributed by atoms with Crippen molar-refractivity contribution in [1.82, 2.24) is 15.3 Å². The second kappa shape index (κ2) is 7.57. The first-order valence-electron chi connectivity index (χ1n) is 7.95. The van der Waals surface area contributed by atoms with Gasteiger partial charge in [0.15, 0.2) is 11.5 Å². The van der Waals surface area contributed by atoms with Crippen molar-refractivity contribution in [3.8, 4) is 6.07 Å². The third-order valence-corrected chi connectivity index (χ3v) is 4.02. The molecule has 1 aromatic heterocycles. The summed E-state index contributed by atoms with van der Waals surface area (Å²) < 4.78 is 12.9. The zero-order valence-electron chi connectivity index (χ0n) is 13.4. The highest BCUT2D eigenvalue weighted by Gasteiger charge is 2.23. The molecule has 128 valence electrons. The summed E-state index contributed by atoms with van der Waals surface area (Å²) >= 11 is 0. The number of aromatic nitrogens is 2. The van der Waals surface area contributed by atoms with Crippen LogP contribution < -0.4 is 15.5 Å². The number of rotatable bonds is 3. The lowest BCUT2D eigenvalue weighted by Gasteiger charge is -2.33. The Hall–Kier alpha value is -3.21. The molecule has 8 heteroatoms. The van der Waals surface area contributed by atoms with E-state index in [0.717, 1.165) is 12.8 Å². The molecule has 0 atom stereocenters. The summed E-state index contributed by atoms with van der Waals surface area (Å²) in [5, 5.41) is 14.7. The van der Waals surface area contributed by atoms with E-state index in [9.17, 15) is 9.18 Å². The lowest BCUT2D eigenvalue weighted by Crippen LogP contribution is -2.46. The van der Waals surface area contributed by atoms with Gasteiger partial charge in [-0.05, 0) is 37.1 Å². The van der Waals surface area contributed by atoms with Crippen LogP contribution in [0.3, 0.4) is 0 Å². The quantitative estimate of drug-likeness (QED) is 0.894. The highest BCUT2D eigenvalue weighted by Crippen LogP contribution is 2.20. The van der Waals surface area contributed by atoms with Crippen molar-refractivity contribution in [3.63, 3.8) is 0 Å². The Bertz CT molecular complexity index is 780. The van der Waals surface area contributed by atoms with Crippen LogP contribution >= 0.6 is 0 Å². The fourth-order valence-corrected chi connectivity index (χ4v) is 2.76. The summed E-state index contributed by atoms with van der Waals surface area (Å²) in [5.74, 6) is 0.235. The summed E-state index contributed by atoms with van der Waals surface area (Å²) in [6, 6.07) is 7.36. The van der Waals surface area contributed by atoms with E-state index >= 15 is 0 Å². The van der Waals surface area contributed by atoms with Crippen LogP contribution in [0.4, 0.5) is 20.7 Å². The standard InChI is InChI=1S/C17H17FN6O/c18-12-1-3-13(4-2-12)22-17(25)23-14-5-9-24(10-6-14)16-15(11-19)20-7-8-21-16/h1-4,7-8,14H,5-6,9-10H2,(H2,22,23,25). The number of nitrogens with one attached hydrogen (secondary N) is 2. The molecule has 1 aliphatic heterocycles. The summed E-state index contributed by atoms with van der Waals surface area (Å²) in [5.41, 5.74) is 0.845. The highest BCUT2D eigenvalue weighted by atomic mass is 19.1. The molecule has 1 aliphatic rings. The van der Waals surface area contributed by atoms with E-state index in [-0.39, 0.29) is 17.9 Å². The number of benzene rings is 1. The first kappa shape index (κ1) is 16.6. The minimum Gasteiger partial charge on any atom is -0.354 e. The van der Waals surface area contributed by atoms with Gasteiger partial charge in [0.1, 0.15) is 11.9 Å². The molecular formula is C17H17FN6O. The van der Waals surface area contributed by atoms with Crippen molar-refractivity contribution in [1.29, 1.82) is 5.26 Å². The van der Waals surface area contributed by atoms with Crippen LogP contribution in [0.2, 0.25) is 0 Å². The molecule has 2 amide bonds. The van der Waals surface area contributed by atoms with Crippen LogP contribution in [0.25, 0.3) is 0 Å². The van der Waals surface area contributed by atoms with Gasteiger partial charge in [0.05, 0.1) is 0 Å². The number of urea groups is 1. The number of anilines is 2. The molecule has 2 heterocycles. The van der Waals surface area contributed by atoms with Crippen LogP contribution in [0.15, 0.2) is 36.7 Å². The van der Waals surface area contributed by atoms with Gasteiger partial charge in [0, 0.05) is 37.2 Å². The lowest BCUT2D eigenvalue weighted by atomic mass is 10.1. The van der Waals surface area contributed by atoms with Crippen LogP contribution in [-0.4, -0.2) is 35.1 Å². The number of carbonyl (C=O) groups is 1. The van der Waals surface area contributed by atoms with Crippen LogP contribution in [-0.2, 0) is 0 Å². The van der Waals surface area contributed by atoms with E-state index in [1.807, 2.05) is 11.0 Å². The number of hydrogen-bond acceptors (Lipinski definition) is 5. The van der Waals surface area contributed by atoms with Crippen molar-refractivity contribution >= 4 is 17.5 Å². The zero-order chi connectivity index (χ0) is 17.6. The third-order valence-electron chi connectivity index (χ3n) is 4.02. The van der Waals surface area contributed by atoms with E-state index in [4.69, 9.17) is 5.26 Å². The molecular weight excluding hydrogens is 323 g/mol. The van der Waals surface area contributed by atoms with E-state index in [0.29, 0.717) is 30.3 Å². The average Bonchev–Trinajstić information content (AvgIpc) is 2.64. The van der Waals surface area contributed by atoms with Gasteiger partial charge in [-0.3, -0.25) is 0 Å². The molecule has 0 bridgehead atoms. The molecule has 0 spiro atoms. The first-order chi connectivity index (χ1) is 12.2. The molecule has 2 aromatic rings. The molecule has 0 radical (unpaired) electrons. The van der Waals surface area contributed by atoms with E-state index < -0.39 is 0 Å². The van der Waals surface area contributed by atoms with E-state index in [1.54, 1.807) is 6.20 Å². The van der Waals surface area contributed by atoms with Gasteiger partial charge in [-0.15, -0.1) is 0 Å².